The number of amides is 1. The number of carbonyl (C=O) groups excluding carboxylic acids is 2. The van der Waals surface area contributed by atoms with E-state index in [1.807, 2.05) is 0 Å². The fraction of sp³-hybridized carbons (Fsp3) is 0.478. The number of sulfonamides is 1. The van der Waals surface area contributed by atoms with E-state index in [-0.39, 0.29) is 23.5 Å². The molecular weight excluding hydrogens is 448 g/mol. The van der Waals surface area contributed by atoms with E-state index in [0.717, 1.165) is 55.4 Å². The summed E-state index contributed by atoms with van der Waals surface area (Å²) in [7, 11) is -1.98. The molecule has 0 spiro atoms. The van der Waals surface area contributed by atoms with Crippen LogP contribution in [0.15, 0.2) is 29.2 Å². The first-order valence-corrected chi connectivity index (χ1v) is 13.3. The molecule has 2 aliphatic rings. The first-order valence-electron chi connectivity index (χ1n) is 11.0. The highest BCUT2D eigenvalue weighted by atomic mass is 32.2. The van der Waals surface area contributed by atoms with Gasteiger partial charge in [0, 0.05) is 23.5 Å². The number of rotatable bonds is 7. The van der Waals surface area contributed by atoms with Gasteiger partial charge in [0.2, 0.25) is 10.0 Å². The van der Waals surface area contributed by atoms with Gasteiger partial charge >= 0.3 is 5.97 Å². The van der Waals surface area contributed by atoms with Crippen molar-refractivity contribution in [2.45, 2.75) is 62.8 Å². The third-order valence-electron chi connectivity index (χ3n) is 6.26. The van der Waals surface area contributed by atoms with Crippen molar-refractivity contribution in [3.8, 4) is 0 Å². The van der Waals surface area contributed by atoms with Crippen LogP contribution < -0.4 is 5.32 Å². The van der Waals surface area contributed by atoms with Crippen LogP contribution in [0.1, 0.15) is 70.2 Å². The number of fused-ring (bicyclic) bond motifs is 1. The standard InChI is InChI=1S/C23H28N2O5S2/c1-3-30-23(27)20-18-9-6-10-19(18)31-22(20)24-21(26)15-11-13-17(14-12-15)32(28,29)25(2)16-7-4-5-8-16/h11-14,16H,3-10H2,1-2H3,(H,24,26). The van der Waals surface area contributed by atoms with Gasteiger partial charge in [-0.15, -0.1) is 11.3 Å². The molecule has 2 aliphatic carbocycles. The summed E-state index contributed by atoms with van der Waals surface area (Å²) in [5.74, 6) is -0.804. The van der Waals surface area contributed by atoms with Crippen molar-refractivity contribution in [2.24, 2.45) is 0 Å². The van der Waals surface area contributed by atoms with Crippen LogP contribution in [-0.2, 0) is 27.6 Å². The largest absolute Gasteiger partial charge is 0.462 e. The van der Waals surface area contributed by atoms with Crippen molar-refractivity contribution in [3.63, 3.8) is 0 Å². The molecule has 4 rings (SSSR count). The van der Waals surface area contributed by atoms with E-state index in [2.05, 4.69) is 5.32 Å². The first-order chi connectivity index (χ1) is 15.3. The number of nitrogens with one attached hydrogen (secondary N) is 1. The number of hydrogen-bond acceptors (Lipinski definition) is 6. The lowest BCUT2D eigenvalue weighted by atomic mass is 10.1. The minimum Gasteiger partial charge on any atom is -0.462 e. The van der Waals surface area contributed by atoms with E-state index in [4.69, 9.17) is 4.74 Å². The Kier molecular flexibility index (Phi) is 6.69. The van der Waals surface area contributed by atoms with Crippen LogP contribution in [0.2, 0.25) is 0 Å². The summed E-state index contributed by atoms with van der Waals surface area (Å²) in [6, 6.07) is 5.99. The van der Waals surface area contributed by atoms with Crippen LogP contribution in [-0.4, -0.2) is 44.3 Å². The van der Waals surface area contributed by atoms with Crippen LogP contribution in [0.4, 0.5) is 5.00 Å². The number of anilines is 1. The molecule has 7 nitrogen and oxygen atoms in total. The second-order valence-electron chi connectivity index (χ2n) is 8.22. The molecule has 0 aliphatic heterocycles. The molecular formula is C23H28N2O5S2. The topological polar surface area (TPSA) is 92.8 Å². The van der Waals surface area contributed by atoms with Gasteiger partial charge in [0.1, 0.15) is 5.00 Å². The molecule has 0 atom stereocenters. The molecule has 1 aromatic carbocycles. The van der Waals surface area contributed by atoms with Crippen molar-refractivity contribution in [1.29, 1.82) is 0 Å². The van der Waals surface area contributed by atoms with Gasteiger partial charge in [0.25, 0.3) is 5.91 Å². The lowest BCUT2D eigenvalue weighted by Gasteiger charge is -2.23. The van der Waals surface area contributed by atoms with Crippen molar-refractivity contribution in [2.75, 3.05) is 19.0 Å². The zero-order valence-corrected chi connectivity index (χ0v) is 20.0. The van der Waals surface area contributed by atoms with Gasteiger partial charge in [-0.1, -0.05) is 12.8 Å². The number of esters is 1. The van der Waals surface area contributed by atoms with Gasteiger partial charge in [0.15, 0.2) is 0 Å². The van der Waals surface area contributed by atoms with Gasteiger partial charge in [0.05, 0.1) is 17.1 Å². The van der Waals surface area contributed by atoms with Gasteiger partial charge in [-0.3, -0.25) is 4.79 Å². The number of benzene rings is 1. The fourth-order valence-electron chi connectivity index (χ4n) is 4.50. The quantitative estimate of drug-likeness (QED) is 0.604. The van der Waals surface area contributed by atoms with E-state index < -0.39 is 16.0 Å². The number of nitrogens with zero attached hydrogens (tertiary/aromatic N) is 1. The van der Waals surface area contributed by atoms with Crippen LogP contribution in [0.5, 0.6) is 0 Å². The highest BCUT2D eigenvalue weighted by molar-refractivity contribution is 7.89. The molecule has 1 amide bonds. The number of thiophene rings is 1. The zero-order valence-electron chi connectivity index (χ0n) is 18.3. The van der Waals surface area contributed by atoms with Crippen LogP contribution in [0, 0.1) is 0 Å². The van der Waals surface area contributed by atoms with E-state index in [1.165, 1.54) is 39.9 Å². The maximum atomic E-state index is 12.9. The second-order valence-corrected chi connectivity index (χ2v) is 11.3. The van der Waals surface area contributed by atoms with Crippen LogP contribution >= 0.6 is 11.3 Å². The predicted octanol–water partition coefficient (Wildman–Crippen LogP) is 4.23. The highest BCUT2D eigenvalue weighted by Gasteiger charge is 2.31. The van der Waals surface area contributed by atoms with E-state index >= 15 is 0 Å². The molecule has 172 valence electrons. The number of carbonyl (C=O) groups is 2. The summed E-state index contributed by atoms with van der Waals surface area (Å²) >= 11 is 1.42. The minimum absolute atomic E-state index is 0.0325. The van der Waals surface area contributed by atoms with Crippen molar-refractivity contribution < 1.29 is 22.7 Å². The summed E-state index contributed by atoms with van der Waals surface area (Å²) in [6.07, 6.45) is 6.54. The average molecular weight is 477 g/mol. The van der Waals surface area contributed by atoms with Gasteiger partial charge in [-0.2, -0.15) is 4.31 Å². The third-order valence-corrected chi connectivity index (χ3v) is 9.39. The van der Waals surface area contributed by atoms with Crippen LogP contribution in [0.25, 0.3) is 0 Å². The smallest absolute Gasteiger partial charge is 0.341 e. The number of aryl methyl sites for hydroxylation is 1. The molecule has 1 heterocycles. The molecule has 2 aromatic rings. The lowest BCUT2D eigenvalue weighted by molar-refractivity contribution is 0.0527. The Labute approximate surface area is 192 Å². The Morgan fingerprint density at radius 2 is 1.81 bits per heavy atom. The molecule has 9 heteroatoms. The molecule has 0 unspecified atom stereocenters. The van der Waals surface area contributed by atoms with Gasteiger partial charge in [-0.05, 0) is 68.9 Å². The summed E-state index contributed by atoms with van der Waals surface area (Å²) in [5.41, 5.74) is 1.76. The molecule has 1 aromatic heterocycles. The van der Waals surface area contributed by atoms with Gasteiger partial charge in [-0.25, -0.2) is 13.2 Å². The molecule has 32 heavy (non-hydrogen) atoms. The summed E-state index contributed by atoms with van der Waals surface area (Å²) in [5, 5.41) is 3.34. The SMILES string of the molecule is CCOC(=O)c1c(NC(=O)c2ccc(S(=O)(=O)N(C)C3CCCC3)cc2)sc2c1CCC2. The third kappa shape index (κ3) is 4.33. The Balaban J connectivity index is 1.52. The van der Waals surface area contributed by atoms with E-state index in [1.54, 1.807) is 14.0 Å². The Hall–Kier alpha value is -2.23. The zero-order chi connectivity index (χ0) is 22.9. The first kappa shape index (κ1) is 22.9. The van der Waals surface area contributed by atoms with Crippen molar-refractivity contribution in [1.82, 2.24) is 4.31 Å². The van der Waals surface area contributed by atoms with Gasteiger partial charge < -0.3 is 10.1 Å². The predicted molar refractivity (Wildman–Crippen MR) is 124 cm³/mol. The highest BCUT2D eigenvalue weighted by Crippen LogP contribution is 2.39. The Bertz CT molecular complexity index is 1120. The Morgan fingerprint density at radius 3 is 2.47 bits per heavy atom. The minimum atomic E-state index is -3.60. The monoisotopic (exact) mass is 476 g/mol. The average Bonchev–Trinajstić information content (AvgIpc) is 3.51. The second kappa shape index (κ2) is 9.33. The van der Waals surface area contributed by atoms with Crippen LogP contribution in [0.3, 0.4) is 0 Å². The van der Waals surface area contributed by atoms with E-state index in [0.29, 0.717) is 16.1 Å². The number of hydrogen-bond donors (Lipinski definition) is 1. The maximum Gasteiger partial charge on any atom is 0.341 e. The Morgan fingerprint density at radius 1 is 1.12 bits per heavy atom. The maximum absolute atomic E-state index is 12.9. The normalized spacial score (nSPS) is 16.3. The molecule has 0 radical (unpaired) electrons. The van der Waals surface area contributed by atoms with Crippen molar-refractivity contribution in [3.05, 3.63) is 45.8 Å². The van der Waals surface area contributed by atoms with Crippen molar-refractivity contribution >= 4 is 38.2 Å². The molecule has 0 bridgehead atoms. The molecule has 0 saturated heterocycles. The fourth-order valence-corrected chi connectivity index (χ4v) is 7.18. The molecule has 1 saturated carbocycles. The summed E-state index contributed by atoms with van der Waals surface area (Å²) < 4.78 is 32.5. The summed E-state index contributed by atoms with van der Waals surface area (Å²) in [6.45, 7) is 2.02. The molecule has 1 N–H and O–H groups in total. The van der Waals surface area contributed by atoms with E-state index in [9.17, 15) is 18.0 Å². The summed E-state index contributed by atoms with van der Waals surface area (Å²) in [4.78, 5) is 26.6. The number of ether oxygens (including phenoxy) is 1. The lowest BCUT2D eigenvalue weighted by Crippen LogP contribution is -2.35. The molecule has 1 fully saturated rings.